The van der Waals surface area contributed by atoms with Gasteiger partial charge in [0.05, 0.1) is 55.4 Å². The van der Waals surface area contributed by atoms with Gasteiger partial charge in [-0.05, 0) is 25.7 Å². The average molecular weight is 219 g/mol. The quantitative estimate of drug-likeness (QED) is 0.516. The van der Waals surface area contributed by atoms with Crippen molar-refractivity contribution >= 4 is 0 Å². The standard InChI is InChI=1S/C12H30N2.H3N/c1-13(2,3)11-9-7-8-10-12-14(4,5)6;/h7-12H2,1-6H3;1H3/q+2;. The van der Waals surface area contributed by atoms with Gasteiger partial charge in [0.25, 0.3) is 0 Å². The van der Waals surface area contributed by atoms with E-state index >= 15 is 0 Å². The summed E-state index contributed by atoms with van der Waals surface area (Å²) in [5.41, 5.74) is 0. The predicted molar refractivity (Wildman–Crippen MR) is 69.3 cm³/mol. The van der Waals surface area contributed by atoms with E-state index in [1.54, 1.807) is 0 Å². The van der Waals surface area contributed by atoms with Crippen molar-refractivity contribution in [2.24, 2.45) is 0 Å². The third-order valence-corrected chi connectivity index (χ3v) is 2.41. The molecule has 0 aliphatic carbocycles. The van der Waals surface area contributed by atoms with Gasteiger partial charge in [0.15, 0.2) is 0 Å². The molecular formula is C12H33N3+2. The molecular weight excluding hydrogens is 186 g/mol. The van der Waals surface area contributed by atoms with Gasteiger partial charge in [-0.1, -0.05) is 0 Å². The zero-order valence-corrected chi connectivity index (χ0v) is 11.8. The largest absolute Gasteiger partial charge is 0.344 e. The number of nitrogens with zero attached hydrogens (tertiary/aromatic N) is 2. The van der Waals surface area contributed by atoms with Gasteiger partial charge < -0.3 is 15.1 Å². The lowest BCUT2D eigenvalue weighted by atomic mass is 10.1. The minimum atomic E-state index is 0. The van der Waals surface area contributed by atoms with Gasteiger partial charge in [-0.2, -0.15) is 0 Å². The van der Waals surface area contributed by atoms with Crippen LogP contribution in [0.4, 0.5) is 0 Å². The maximum atomic E-state index is 2.27. The van der Waals surface area contributed by atoms with E-state index in [1.807, 2.05) is 0 Å². The molecule has 15 heavy (non-hydrogen) atoms. The van der Waals surface area contributed by atoms with Crippen LogP contribution in [0.2, 0.25) is 0 Å². The topological polar surface area (TPSA) is 35.0 Å². The van der Waals surface area contributed by atoms with Crippen LogP contribution in [0.1, 0.15) is 25.7 Å². The third-order valence-electron chi connectivity index (χ3n) is 2.41. The van der Waals surface area contributed by atoms with Crippen molar-refractivity contribution in [3.8, 4) is 0 Å². The third kappa shape index (κ3) is 16.5. The van der Waals surface area contributed by atoms with E-state index in [0.717, 1.165) is 8.97 Å². The number of unbranched alkanes of at least 4 members (excludes halogenated alkanes) is 3. The molecule has 0 saturated carbocycles. The summed E-state index contributed by atoms with van der Waals surface area (Å²) in [5, 5.41) is 0. The van der Waals surface area contributed by atoms with Crippen LogP contribution in [0.25, 0.3) is 0 Å². The Balaban J connectivity index is 0. The molecule has 3 heteroatoms. The fourth-order valence-electron chi connectivity index (χ4n) is 1.53. The molecule has 0 bridgehead atoms. The normalized spacial score (nSPS) is 12.4. The van der Waals surface area contributed by atoms with Crippen LogP contribution in [0.5, 0.6) is 0 Å². The van der Waals surface area contributed by atoms with Crippen molar-refractivity contribution in [2.45, 2.75) is 25.7 Å². The lowest BCUT2D eigenvalue weighted by molar-refractivity contribution is -0.871. The van der Waals surface area contributed by atoms with Crippen LogP contribution in [0.15, 0.2) is 0 Å². The minimum Gasteiger partial charge on any atom is -0.344 e. The Hall–Kier alpha value is -0.120. The van der Waals surface area contributed by atoms with Crippen LogP contribution >= 0.6 is 0 Å². The van der Waals surface area contributed by atoms with Crippen molar-refractivity contribution in [1.82, 2.24) is 6.15 Å². The van der Waals surface area contributed by atoms with Gasteiger partial charge >= 0.3 is 0 Å². The van der Waals surface area contributed by atoms with Crippen LogP contribution in [-0.4, -0.2) is 64.3 Å². The smallest absolute Gasteiger partial charge is 0.0780 e. The van der Waals surface area contributed by atoms with E-state index in [9.17, 15) is 0 Å². The van der Waals surface area contributed by atoms with Crippen molar-refractivity contribution in [2.75, 3.05) is 55.4 Å². The first kappa shape index (κ1) is 17.3. The Morgan fingerprint density at radius 2 is 0.800 bits per heavy atom. The zero-order chi connectivity index (χ0) is 11.2. The molecule has 0 atom stereocenters. The highest BCUT2D eigenvalue weighted by molar-refractivity contribution is 4.42. The minimum absolute atomic E-state index is 0. The Kier molecular flexibility index (Phi) is 8.30. The Morgan fingerprint density at radius 3 is 1.00 bits per heavy atom. The Morgan fingerprint density at radius 1 is 0.533 bits per heavy atom. The SMILES string of the molecule is C[N+](C)(C)CCCCCC[N+](C)(C)C.N. The Labute approximate surface area is 96.8 Å². The molecule has 0 amide bonds. The molecule has 0 spiro atoms. The van der Waals surface area contributed by atoms with E-state index in [2.05, 4.69) is 42.3 Å². The fourth-order valence-corrected chi connectivity index (χ4v) is 1.53. The van der Waals surface area contributed by atoms with Gasteiger partial charge in [0.2, 0.25) is 0 Å². The molecule has 0 saturated heterocycles. The maximum Gasteiger partial charge on any atom is 0.0780 e. The molecule has 0 aliphatic heterocycles. The number of rotatable bonds is 7. The van der Waals surface area contributed by atoms with Gasteiger partial charge in [-0.15, -0.1) is 0 Å². The second-order valence-electron chi connectivity index (χ2n) is 6.44. The number of hydrogen-bond acceptors (Lipinski definition) is 1. The highest BCUT2D eigenvalue weighted by Gasteiger charge is 2.07. The van der Waals surface area contributed by atoms with Gasteiger partial charge in [0.1, 0.15) is 0 Å². The predicted octanol–water partition coefficient (Wildman–Crippen LogP) is 2.12. The summed E-state index contributed by atoms with van der Waals surface area (Å²) >= 11 is 0. The first-order valence-corrected chi connectivity index (χ1v) is 5.82. The molecule has 0 aliphatic rings. The molecule has 0 heterocycles. The molecule has 0 aromatic carbocycles. The van der Waals surface area contributed by atoms with Gasteiger partial charge in [-0.3, -0.25) is 0 Å². The molecule has 0 unspecified atom stereocenters. The first-order chi connectivity index (χ1) is 6.21. The van der Waals surface area contributed by atoms with Crippen molar-refractivity contribution in [3.63, 3.8) is 0 Å². The monoisotopic (exact) mass is 219 g/mol. The highest BCUT2D eigenvalue weighted by Crippen LogP contribution is 2.05. The molecule has 3 N–H and O–H groups in total. The maximum absolute atomic E-state index is 2.27. The van der Waals surface area contributed by atoms with E-state index in [4.69, 9.17) is 0 Å². The second kappa shape index (κ2) is 7.20. The van der Waals surface area contributed by atoms with Crippen LogP contribution in [-0.2, 0) is 0 Å². The van der Waals surface area contributed by atoms with E-state index in [1.165, 1.54) is 38.8 Å². The summed E-state index contributed by atoms with van der Waals surface area (Å²) < 4.78 is 2.21. The summed E-state index contributed by atoms with van der Waals surface area (Å²) in [6.45, 7) is 2.62. The van der Waals surface area contributed by atoms with Crippen LogP contribution in [0.3, 0.4) is 0 Å². The van der Waals surface area contributed by atoms with E-state index < -0.39 is 0 Å². The lowest BCUT2D eigenvalue weighted by Crippen LogP contribution is -2.35. The van der Waals surface area contributed by atoms with Crippen molar-refractivity contribution in [1.29, 1.82) is 0 Å². The summed E-state index contributed by atoms with van der Waals surface area (Å²) in [6.07, 6.45) is 5.55. The summed E-state index contributed by atoms with van der Waals surface area (Å²) in [6, 6.07) is 0. The molecule has 0 fully saturated rings. The van der Waals surface area contributed by atoms with Crippen molar-refractivity contribution in [3.05, 3.63) is 0 Å². The zero-order valence-electron chi connectivity index (χ0n) is 11.8. The van der Waals surface area contributed by atoms with Crippen molar-refractivity contribution < 1.29 is 8.97 Å². The average Bonchev–Trinajstić information content (AvgIpc) is 1.92. The lowest BCUT2D eigenvalue weighted by Gasteiger charge is -2.25. The highest BCUT2D eigenvalue weighted by atomic mass is 15.3. The van der Waals surface area contributed by atoms with E-state index in [-0.39, 0.29) is 6.15 Å². The molecule has 94 valence electrons. The number of quaternary nitrogens is 2. The Bertz CT molecular complexity index is 124. The van der Waals surface area contributed by atoms with Gasteiger partial charge in [-0.25, -0.2) is 0 Å². The van der Waals surface area contributed by atoms with Crippen LogP contribution < -0.4 is 6.15 Å². The van der Waals surface area contributed by atoms with Crippen LogP contribution in [0, 0.1) is 0 Å². The molecule has 0 aromatic heterocycles. The molecule has 0 aromatic rings. The summed E-state index contributed by atoms with van der Waals surface area (Å²) in [4.78, 5) is 0. The summed E-state index contributed by atoms with van der Waals surface area (Å²) in [5.74, 6) is 0. The summed E-state index contributed by atoms with van der Waals surface area (Å²) in [7, 11) is 13.6. The first-order valence-electron chi connectivity index (χ1n) is 5.82. The molecule has 0 radical (unpaired) electrons. The molecule has 0 rings (SSSR count). The number of hydrogen-bond donors (Lipinski definition) is 1. The molecule has 3 nitrogen and oxygen atoms in total. The van der Waals surface area contributed by atoms with E-state index in [0.29, 0.717) is 0 Å². The fraction of sp³-hybridized carbons (Fsp3) is 1.00. The second-order valence-corrected chi connectivity index (χ2v) is 6.44. The van der Waals surface area contributed by atoms with Gasteiger partial charge in [0, 0.05) is 0 Å².